The zero-order chi connectivity index (χ0) is 14.3. The van der Waals surface area contributed by atoms with Crippen molar-refractivity contribution in [3.8, 4) is 0 Å². The summed E-state index contributed by atoms with van der Waals surface area (Å²) in [6.45, 7) is 2.09. The highest BCUT2D eigenvalue weighted by Crippen LogP contribution is 2.35. The van der Waals surface area contributed by atoms with Gasteiger partial charge >= 0.3 is 0 Å². The van der Waals surface area contributed by atoms with E-state index in [1.165, 1.54) is 18.9 Å². The van der Waals surface area contributed by atoms with Crippen molar-refractivity contribution in [3.05, 3.63) is 14.9 Å². The van der Waals surface area contributed by atoms with Crippen LogP contribution in [0.1, 0.15) is 25.7 Å². The van der Waals surface area contributed by atoms with Gasteiger partial charge in [0.2, 0.25) is 10.0 Å². The van der Waals surface area contributed by atoms with Crippen LogP contribution >= 0.6 is 38.9 Å². The Balaban J connectivity index is 1.76. The zero-order valence-electron chi connectivity index (χ0n) is 10.8. The Labute approximate surface area is 136 Å². The maximum atomic E-state index is 12.4. The van der Waals surface area contributed by atoms with Gasteiger partial charge in [0.25, 0.3) is 0 Å². The van der Waals surface area contributed by atoms with Crippen molar-refractivity contribution in [2.75, 3.05) is 13.1 Å². The van der Waals surface area contributed by atoms with Crippen molar-refractivity contribution < 1.29 is 8.42 Å². The van der Waals surface area contributed by atoms with Crippen LogP contribution < -0.4 is 4.72 Å². The van der Waals surface area contributed by atoms with Gasteiger partial charge in [-0.05, 0) is 47.8 Å². The van der Waals surface area contributed by atoms with Crippen LogP contribution in [-0.2, 0) is 10.0 Å². The van der Waals surface area contributed by atoms with E-state index in [0.717, 1.165) is 37.3 Å². The molecule has 0 amide bonds. The second-order valence-corrected chi connectivity index (χ2v) is 10.0. The molecule has 0 spiro atoms. The van der Waals surface area contributed by atoms with Crippen LogP contribution in [0.3, 0.4) is 0 Å². The highest BCUT2D eigenvalue weighted by Gasteiger charge is 2.38. The molecule has 112 valence electrons. The fraction of sp³-hybridized carbons (Fsp3) is 0.667. The second-order valence-electron chi connectivity index (χ2n) is 5.30. The van der Waals surface area contributed by atoms with Gasteiger partial charge in [0.1, 0.15) is 4.21 Å². The van der Waals surface area contributed by atoms with Crippen LogP contribution in [0.4, 0.5) is 0 Å². The first kappa shape index (κ1) is 15.2. The number of fused-ring (bicyclic) bond motifs is 1. The molecule has 1 aromatic rings. The number of halogens is 2. The molecule has 2 unspecified atom stereocenters. The Morgan fingerprint density at radius 1 is 1.35 bits per heavy atom. The highest BCUT2D eigenvalue weighted by molar-refractivity contribution is 9.11. The van der Waals surface area contributed by atoms with Crippen LogP contribution in [0.5, 0.6) is 0 Å². The quantitative estimate of drug-likeness (QED) is 0.850. The van der Waals surface area contributed by atoms with Crippen molar-refractivity contribution in [1.82, 2.24) is 9.62 Å². The molecule has 1 aromatic heterocycles. The molecule has 20 heavy (non-hydrogen) atoms. The van der Waals surface area contributed by atoms with Crippen molar-refractivity contribution in [1.29, 1.82) is 0 Å². The summed E-state index contributed by atoms with van der Waals surface area (Å²) in [5.74, 6) is 0. The van der Waals surface area contributed by atoms with Crippen LogP contribution in [0.2, 0.25) is 5.02 Å². The third-order valence-corrected chi connectivity index (χ3v) is 8.49. The lowest BCUT2D eigenvalue weighted by atomic mass is 10.00. The van der Waals surface area contributed by atoms with Crippen molar-refractivity contribution in [2.24, 2.45) is 0 Å². The summed E-state index contributed by atoms with van der Waals surface area (Å²) in [4.78, 5) is 2.41. The number of nitrogens with one attached hydrogen (secondary N) is 1. The van der Waals surface area contributed by atoms with E-state index in [-0.39, 0.29) is 10.3 Å². The third kappa shape index (κ3) is 2.94. The number of piperidine rings is 1. The standard InChI is InChI=1S/C12H16BrClN2O2S2/c13-12-8(14)7-11(19-12)20(17,18)15-9-4-6-16-5-2-1-3-10(9)16/h7,9-10,15H,1-6H2. The number of thiophene rings is 1. The van der Waals surface area contributed by atoms with Gasteiger partial charge in [-0.1, -0.05) is 18.0 Å². The SMILES string of the molecule is O=S(=O)(NC1CCN2CCCCC12)c1cc(Cl)c(Br)s1. The van der Waals surface area contributed by atoms with Crippen molar-refractivity contribution >= 4 is 48.9 Å². The molecular formula is C12H16BrClN2O2S2. The molecule has 0 aromatic carbocycles. The van der Waals surface area contributed by atoms with Crippen molar-refractivity contribution in [3.63, 3.8) is 0 Å². The van der Waals surface area contributed by atoms with E-state index >= 15 is 0 Å². The Hall–Kier alpha value is 0.340. The Morgan fingerprint density at radius 2 is 2.15 bits per heavy atom. The minimum atomic E-state index is -3.47. The smallest absolute Gasteiger partial charge is 0.250 e. The van der Waals surface area contributed by atoms with Crippen LogP contribution in [0.25, 0.3) is 0 Å². The molecule has 2 saturated heterocycles. The Morgan fingerprint density at radius 3 is 2.85 bits per heavy atom. The molecule has 0 bridgehead atoms. The molecule has 4 nitrogen and oxygen atoms in total. The summed E-state index contributed by atoms with van der Waals surface area (Å²) in [5.41, 5.74) is 0. The number of nitrogens with zero attached hydrogens (tertiary/aromatic N) is 1. The van der Waals surface area contributed by atoms with Crippen LogP contribution in [0.15, 0.2) is 14.1 Å². The number of sulfonamides is 1. The number of rotatable bonds is 3. The van der Waals surface area contributed by atoms with E-state index in [2.05, 4.69) is 25.6 Å². The van der Waals surface area contributed by atoms with Crippen LogP contribution in [-0.4, -0.2) is 38.5 Å². The number of hydrogen-bond donors (Lipinski definition) is 1. The van der Waals surface area contributed by atoms with E-state index in [1.807, 2.05) is 0 Å². The molecule has 8 heteroatoms. The van der Waals surface area contributed by atoms with E-state index in [4.69, 9.17) is 11.6 Å². The molecule has 0 saturated carbocycles. The maximum absolute atomic E-state index is 12.4. The molecule has 0 radical (unpaired) electrons. The highest BCUT2D eigenvalue weighted by atomic mass is 79.9. The van der Waals surface area contributed by atoms with Gasteiger partial charge in [-0.15, -0.1) is 11.3 Å². The lowest BCUT2D eigenvalue weighted by Crippen LogP contribution is -2.46. The average molecular weight is 400 g/mol. The molecule has 3 heterocycles. The normalized spacial score (nSPS) is 27.7. The third-order valence-electron chi connectivity index (χ3n) is 4.05. The predicted octanol–water partition coefficient (Wildman–Crippen LogP) is 3.07. The van der Waals surface area contributed by atoms with Gasteiger partial charge in [-0.25, -0.2) is 13.1 Å². The fourth-order valence-electron chi connectivity index (χ4n) is 3.10. The first-order valence-corrected chi connectivity index (χ1v) is 10.2. The number of hydrogen-bond acceptors (Lipinski definition) is 4. The van der Waals surface area contributed by atoms with Gasteiger partial charge < -0.3 is 0 Å². The average Bonchev–Trinajstić information content (AvgIpc) is 2.95. The molecular weight excluding hydrogens is 384 g/mol. The molecule has 2 aliphatic heterocycles. The largest absolute Gasteiger partial charge is 0.299 e. The van der Waals surface area contributed by atoms with Gasteiger partial charge in [0.15, 0.2) is 0 Å². The summed E-state index contributed by atoms with van der Waals surface area (Å²) in [6, 6.07) is 1.89. The summed E-state index contributed by atoms with van der Waals surface area (Å²) in [6.07, 6.45) is 4.39. The Kier molecular flexibility index (Phi) is 4.46. The van der Waals surface area contributed by atoms with Crippen molar-refractivity contribution in [2.45, 2.75) is 42.0 Å². The first-order chi connectivity index (χ1) is 9.47. The van der Waals surface area contributed by atoms with E-state index < -0.39 is 10.0 Å². The molecule has 0 aliphatic carbocycles. The summed E-state index contributed by atoms with van der Waals surface area (Å²) >= 11 is 10.3. The monoisotopic (exact) mass is 398 g/mol. The minimum Gasteiger partial charge on any atom is -0.299 e. The summed E-state index contributed by atoms with van der Waals surface area (Å²) in [7, 11) is -3.47. The van der Waals surface area contributed by atoms with E-state index in [9.17, 15) is 8.42 Å². The predicted molar refractivity (Wildman–Crippen MR) is 85.0 cm³/mol. The summed E-state index contributed by atoms with van der Waals surface area (Å²) < 4.78 is 28.7. The van der Waals surface area contributed by atoms with Gasteiger partial charge in [0, 0.05) is 18.6 Å². The first-order valence-electron chi connectivity index (χ1n) is 6.68. The molecule has 2 aliphatic rings. The van der Waals surface area contributed by atoms with Gasteiger partial charge in [-0.2, -0.15) is 0 Å². The van der Waals surface area contributed by atoms with Gasteiger partial charge in [-0.3, -0.25) is 4.90 Å². The summed E-state index contributed by atoms with van der Waals surface area (Å²) in [5, 5.41) is 0.445. The van der Waals surface area contributed by atoms with Crippen LogP contribution in [0, 0.1) is 0 Å². The lowest BCUT2D eigenvalue weighted by molar-refractivity contribution is 0.186. The maximum Gasteiger partial charge on any atom is 0.250 e. The molecule has 2 fully saturated rings. The Bertz CT molecular complexity index is 585. The molecule has 2 atom stereocenters. The van der Waals surface area contributed by atoms with E-state index in [1.54, 1.807) is 0 Å². The van der Waals surface area contributed by atoms with E-state index in [0.29, 0.717) is 14.9 Å². The fourth-order valence-corrected chi connectivity index (χ4v) is 6.82. The zero-order valence-corrected chi connectivity index (χ0v) is 14.8. The lowest BCUT2D eigenvalue weighted by Gasteiger charge is -2.32. The second kappa shape index (κ2) is 5.85. The topological polar surface area (TPSA) is 49.4 Å². The minimum absolute atomic E-state index is 0.0277. The van der Waals surface area contributed by atoms with Gasteiger partial charge in [0.05, 0.1) is 8.81 Å². The molecule has 3 rings (SSSR count). The molecule has 1 N–H and O–H groups in total.